The van der Waals surface area contributed by atoms with Crippen LogP contribution in [0.1, 0.15) is 22.8 Å². The second kappa shape index (κ2) is 8.02. The predicted molar refractivity (Wildman–Crippen MR) is 100 cm³/mol. The van der Waals surface area contributed by atoms with Crippen LogP contribution in [0.2, 0.25) is 0 Å². The monoisotopic (exact) mass is 456 g/mol. The molecular weight excluding hydrogens is 441 g/mol. The molecule has 0 saturated carbocycles. The molecule has 2 aromatic rings. The lowest BCUT2D eigenvalue weighted by atomic mass is 10.2. The quantitative estimate of drug-likeness (QED) is 0.692. The summed E-state index contributed by atoms with van der Waals surface area (Å²) < 4.78 is 68.3. The Morgan fingerprint density at radius 1 is 1.13 bits per heavy atom. The lowest BCUT2D eigenvalue weighted by Gasteiger charge is -2.17. The van der Waals surface area contributed by atoms with Crippen LogP contribution in [0, 0.1) is 0 Å². The molecular formula is C19H15F3N2O6S. The van der Waals surface area contributed by atoms with Gasteiger partial charge in [-0.15, -0.1) is 0 Å². The molecule has 1 N–H and O–H groups in total. The molecule has 12 heteroatoms. The van der Waals surface area contributed by atoms with E-state index < -0.39 is 52.2 Å². The van der Waals surface area contributed by atoms with Crippen LogP contribution in [0.25, 0.3) is 0 Å². The topological polar surface area (TPSA) is 110 Å². The van der Waals surface area contributed by atoms with Crippen LogP contribution < -0.4 is 5.32 Å². The van der Waals surface area contributed by atoms with Gasteiger partial charge in [-0.25, -0.2) is 12.7 Å². The fourth-order valence-corrected chi connectivity index (χ4v) is 4.32. The van der Waals surface area contributed by atoms with Crippen LogP contribution in [-0.4, -0.2) is 43.2 Å². The largest absolute Gasteiger partial charge is 0.451 e. The number of alkyl halides is 3. The van der Waals surface area contributed by atoms with Crippen LogP contribution in [0.15, 0.2) is 53.4 Å². The first-order valence-corrected chi connectivity index (χ1v) is 10.2. The Labute approximate surface area is 174 Å². The highest BCUT2D eigenvalue weighted by Crippen LogP contribution is 2.31. The average molecular weight is 456 g/mol. The van der Waals surface area contributed by atoms with Gasteiger partial charge in [0.1, 0.15) is 11.4 Å². The van der Waals surface area contributed by atoms with Gasteiger partial charge in [0, 0.05) is 5.69 Å². The van der Waals surface area contributed by atoms with E-state index in [-0.39, 0.29) is 16.1 Å². The van der Waals surface area contributed by atoms with Crippen LogP contribution in [0.3, 0.4) is 0 Å². The van der Waals surface area contributed by atoms with Crippen LogP contribution in [-0.2, 0) is 30.5 Å². The van der Waals surface area contributed by atoms with Gasteiger partial charge in [-0.2, -0.15) is 13.2 Å². The average Bonchev–Trinajstić information content (AvgIpc) is 2.88. The molecule has 8 nitrogen and oxygen atoms in total. The Morgan fingerprint density at radius 2 is 1.81 bits per heavy atom. The number of nitrogens with zero attached hydrogens (tertiary/aromatic N) is 1. The molecule has 1 heterocycles. The van der Waals surface area contributed by atoms with Gasteiger partial charge in [0.05, 0.1) is 11.1 Å². The Hall–Kier alpha value is -3.41. The SMILES string of the molecule is CC(OC(=O)CN1C(=O)c2ccccc2S1(=O)=O)C(=O)Nc1cccc(C(F)(F)F)c1. The molecule has 0 aliphatic carbocycles. The standard InChI is InChI=1S/C19H15F3N2O6S/c1-11(17(26)23-13-6-4-5-12(9-13)19(20,21)22)30-16(25)10-24-18(27)14-7-2-3-8-15(14)31(24,28)29/h2-9,11H,10H2,1H3,(H,23,26). The number of nitrogens with one attached hydrogen (secondary N) is 1. The van der Waals surface area contributed by atoms with E-state index in [1.165, 1.54) is 30.3 Å². The van der Waals surface area contributed by atoms with Crippen molar-refractivity contribution >= 4 is 33.5 Å². The first kappa shape index (κ1) is 22.3. The van der Waals surface area contributed by atoms with Crippen molar-refractivity contribution in [2.24, 2.45) is 0 Å². The van der Waals surface area contributed by atoms with Crippen molar-refractivity contribution in [1.82, 2.24) is 4.31 Å². The number of ether oxygens (including phenoxy) is 1. The Morgan fingerprint density at radius 3 is 2.45 bits per heavy atom. The zero-order valence-corrected chi connectivity index (χ0v) is 16.7. The van der Waals surface area contributed by atoms with Crippen molar-refractivity contribution in [2.45, 2.75) is 24.1 Å². The number of esters is 1. The molecule has 2 aromatic carbocycles. The van der Waals surface area contributed by atoms with E-state index in [2.05, 4.69) is 5.32 Å². The number of hydrogen-bond acceptors (Lipinski definition) is 6. The third-order valence-electron chi connectivity index (χ3n) is 4.32. The molecule has 0 spiro atoms. The van der Waals surface area contributed by atoms with E-state index >= 15 is 0 Å². The van der Waals surface area contributed by atoms with E-state index in [1.54, 1.807) is 0 Å². The molecule has 1 aliphatic rings. The highest BCUT2D eigenvalue weighted by molar-refractivity contribution is 7.90. The number of hydrogen-bond donors (Lipinski definition) is 1. The smallest absolute Gasteiger partial charge is 0.416 e. The normalized spacial score (nSPS) is 15.9. The molecule has 2 amide bonds. The summed E-state index contributed by atoms with van der Waals surface area (Å²) in [5, 5.41) is 2.18. The molecule has 3 rings (SSSR count). The van der Waals surface area contributed by atoms with Gasteiger partial charge in [-0.1, -0.05) is 18.2 Å². The third-order valence-corrected chi connectivity index (χ3v) is 6.11. The van der Waals surface area contributed by atoms with E-state index in [0.29, 0.717) is 10.4 Å². The molecule has 0 bridgehead atoms. The van der Waals surface area contributed by atoms with E-state index in [9.17, 15) is 36.0 Å². The maximum Gasteiger partial charge on any atom is 0.416 e. The van der Waals surface area contributed by atoms with Gasteiger partial charge >= 0.3 is 12.1 Å². The Bertz CT molecular complexity index is 1160. The van der Waals surface area contributed by atoms with E-state index in [4.69, 9.17) is 4.74 Å². The van der Waals surface area contributed by atoms with Gasteiger partial charge in [0.25, 0.3) is 21.8 Å². The zero-order chi connectivity index (χ0) is 23.0. The molecule has 0 fully saturated rings. The predicted octanol–water partition coefficient (Wildman–Crippen LogP) is 2.42. The van der Waals surface area contributed by atoms with Gasteiger partial charge < -0.3 is 10.1 Å². The molecule has 0 aromatic heterocycles. The van der Waals surface area contributed by atoms with Gasteiger partial charge in [-0.05, 0) is 37.3 Å². The van der Waals surface area contributed by atoms with E-state index in [1.807, 2.05) is 0 Å². The second-order valence-corrected chi connectivity index (χ2v) is 8.34. The summed E-state index contributed by atoms with van der Waals surface area (Å²) in [4.78, 5) is 36.3. The number of benzene rings is 2. The number of carbonyl (C=O) groups excluding carboxylic acids is 3. The maximum atomic E-state index is 12.8. The Balaban J connectivity index is 1.64. The molecule has 1 unspecified atom stereocenters. The summed E-state index contributed by atoms with van der Waals surface area (Å²) in [6, 6.07) is 9.25. The number of amides is 2. The first-order chi connectivity index (χ1) is 14.4. The summed E-state index contributed by atoms with van der Waals surface area (Å²) in [6.07, 6.45) is -6.07. The highest BCUT2D eigenvalue weighted by atomic mass is 32.2. The molecule has 1 aliphatic heterocycles. The number of fused-ring (bicyclic) bond motifs is 1. The van der Waals surface area contributed by atoms with E-state index in [0.717, 1.165) is 19.1 Å². The summed E-state index contributed by atoms with van der Waals surface area (Å²) in [7, 11) is -4.24. The molecule has 0 radical (unpaired) electrons. The fourth-order valence-electron chi connectivity index (χ4n) is 2.81. The van der Waals surface area contributed by atoms with Crippen molar-refractivity contribution in [3.8, 4) is 0 Å². The molecule has 164 valence electrons. The van der Waals surface area contributed by atoms with Crippen LogP contribution >= 0.6 is 0 Å². The lowest BCUT2D eigenvalue weighted by molar-refractivity contribution is -0.152. The minimum Gasteiger partial charge on any atom is -0.451 e. The first-order valence-electron chi connectivity index (χ1n) is 8.75. The van der Waals surface area contributed by atoms with Crippen molar-refractivity contribution in [3.05, 3.63) is 59.7 Å². The summed E-state index contributed by atoms with van der Waals surface area (Å²) in [5.41, 5.74) is -1.24. The summed E-state index contributed by atoms with van der Waals surface area (Å²) >= 11 is 0. The van der Waals surface area contributed by atoms with Crippen molar-refractivity contribution < 1.29 is 40.7 Å². The maximum absolute atomic E-state index is 12.8. The van der Waals surface area contributed by atoms with Crippen molar-refractivity contribution in [1.29, 1.82) is 0 Å². The zero-order valence-electron chi connectivity index (χ0n) is 15.8. The molecule has 1 atom stereocenters. The lowest BCUT2D eigenvalue weighted by Crippen LogP contribution is -2.38. The number of halogens is 3. The number of sulfonamides is 1. The van der Waals surface area contributed by atoms with Crippen LogP contribution in [0.4, 0.5) is 18.9 Å². The summed E-state index contributed by atoms with van der Waals surface area (Å²) in [5.74, 6) is -3.03. The molecule has 31 heavy (non-hydrogen) atoms. The Kier molecular flexibility index (Phi) is 5.77. The van der Waals surface area contributed by atoms with Crippen LogP contribution in [0.5, 0.6) is 0 Å². The van der Waals surface area contributed by atoms with Crippen molar-refractivity contribution in [2.75, 3.05) is 11.9 Å². The number of rotatable bonds is 5. The van der Waals surface area contributed by atoms with Gasteiger partial charge in [-0.3, -0.25) is 14.4 Å². The number of carbonyl (C=O) groups is 3. The second-order valence-electron chi connectivity index (χ2n) is 6.51. The number of anilines is 1. The van der Waals surface area contributed by atoms with Crippen molar-refractivity contribution in [3.63, 3.8) is 0 Å². The third kappa shape index (κ3) is 4.53. The van der Waals surface area contributed by atoms with Gasteiger partial charge in [0.15, 0.2) is 6.10 Å². The fraction of sp³-hybridized carbons (Fsp3) is 0.211. The van der Waals surface area contributed by atoms with Gasteiger partial charge in [0.2, 0.25) is 0 Å². The minimum absolute atomic E-state index is 0.0920. The highest BCUT2D eigenvalue weighted by Gasteiger charge is 2.42. The molecule has 0 saturated heterocycles. The summed E-state index contributed by atoms with van der Waals surface area (Å²) in [6.45, 7) is 0.187. The minimum atomic E-state index is -4.61.